The number of benzene rings is 4. The first-order valence-electron chi connectivity index (χ1n) is 16.5. The van der Waals surface area contributed by atoms with E-state index in [0.717, 1.165) is 46.5 Å². The molecule has 54 heavy (non-hydrogen) atoms. The third kappa shape index (κ3) is 7.56. The quantitative estimate of drug-likeness (QED) is 0.103. The van der Waals surface area contributed by atoms with Gasteiger partial charge in [0.2, 0.25) is 10.9 Å². The van der Waals surface area contributed by atoms with Crippen LogP contribution >= 0.6 is 15.9 Å². The highest BCUT2D eigenvalue weighted by Crippen LogP contribution is 2.21. The molecule has 0 aliphatic carbocycles. The SMILES string of the molecule is Cc1ccc(C(=O)c2c[nH]c3cc(F)c(F)cc3c2=O)cc1C.Cc1ccc(C(=O)c2cn(Cc3cccc(Br)n3)c3cc(F)c(F)cc3c2=O)cc1C. The topological polar surface area (TPSA) is 102 Å². The van der Waals surface area contributed by atoms with Gasteiger partial charge in [-0.2, -0.15) is 0 Å². The number of ketones is 2. The number of H-pyrrole nitrogens is 1. The van der Waals surface area contributed by atoms with Crippen LogP contribution in [0.15, 0.2) is 105 Å². The Bertz CT molecular complexity index is 2800. The van der Waals surface area contributed by atoms with Crippen molar-refractivity contribution in [3.8, 4) is 0 Å². The highest BCUT2D eigenvalue weighted by atomic mass is 79.9. The lowest BCUT2D eigenvalue weighted by Gasteiger charge is -2.14. The van der Waals surface area contributed by atoms with E-state index < -0.39 is 45.7 Å². The van der Waals surface area contributed by atoms with Gasteiger partial charge in [0.15, 0.2) is 34.8 Å². The summed E-state index contributed by atoms with van der Waals surface area (Å²) >= 11 is 3.30. The molecule has 0 spiro atoms. The molecule has 0 saturated carbocycles. The van der Waals surface area contributed by atoms with E-state index in [9.17, 15) is 36.7 Å². The van der Waals surface area contributed by atoms with Crippen molar-refractivity contribution in [1.82, 2.24) is 14.5 Å². The molecule has 1 N–H and O–H groups in total. The molecule has 0 amide bonds. The first kappa shape index (κ1) is 37.7. The van der Waals surface area contributed by atoms with Crippen LogP contribution in [0.25, 0.3) is 21.8 Å². The third-order valence-electron chi connectivity index (χ3n) is 9.18. The number of nitrogens with zero attached hydrogens (tertiary/aromatic N) is 2. The number of rotatable bonds is 6. The van der Waals surface area contributed by atoms with Crippen molar-refractivity contribution in [3.63, 3.8) is 0 Å². The molecule has 7 nitrogen and oxygen atoms in total. The molecule has 12 heteroatoms. The van der Waals surface area contributed by atoms with Crippen LogP contribution in [0.1, 0.15) is 59.8 Å². The molecule has 7 rings (SSSR count). The van der Waals surface area contributed by atoms with Gasteiger partial charge in [0.1, 0.15) is 4.60 Å². The normalized spacial score (nSPS) is 11.1. The van der Waals surface area contributed by atoms with Crippen LogP contribution in [0, 0.1) is 51.0 Å². The van der Waals surface area contributed by atoms with E-state index in [4.69, 9.17) is 0 Å². The second-order valence-corrected chi connectivity index (χ2v) is 13.6. The lowest BCUT2D eigenvalue weighted by Crippen LogP contribution is -2.21. The number of aryl methyl sites for hydroxylation is 4. The van der Waals surface area contributed by atoms with Crippen LogP contribution in [-0.2, 0) is 6.54 Å². The average Bonchev–Trinajstić information content (AvgIpc) is 3.13. The lowest BCUT2D eigenvalue weighted by molar-refractivity contribution is 0.102. The van der Waals surface area contributed by atoms with E-state index >= 15 is 0 Å². The van der Waals surface area contributed by atoms with E-state index in [2.05, 4.69) is 25.9 Å². The number of nitrogens with one attached hydrogen (secondary N) is 1. The molecule has 0 fully saturated rings. The van der Waals surface area contributed by atoms with Crippen molar-refractivity contribution in [1.29, 1.82) is 0 Å². The van der Waals surface area contributed by atoms with Gasteiger partial charge in [0, 0.05) is 46.4 Å². The van der Waals surface area contributed by atoms with Gasteiger partial charge in [0.05, 0.1) is 34.4 Å². The molecule has 0 aliphatic rings. The Morgan fingerprint density at radius 2 is 1.20 bits per heavy atom. The number of carbonyl (C=O) groups is 2. The number of halogens is 5. The summed E-state index contributed by atoms with van der Waals surface area (Å²) < 4.78 is 56.7. The second-order valence-electron chi connectivity index (χ2n) is 12.8. The van der Waals surface area contributed by atoms with Crippen LogP contribution in [-0.4, -0.2) is 26.1 Å². The van der Waals surface area contributed by atoms with Crippen LogP contribution < -0.4 is 10.9 Å². The zero-order chi connectivity index (χ0) is 39.0. The Morgan fingerprint density at radius 1 is 0.667 bits per heavy atom. The molecule has 0 unspecified atom stereocenters. The predicted octanol–water partition coefficient (Wildman–Crippen LogP) is 8.99. The predicted molar refractivity (Wildman–Crippen MR) is 202 cm³/mol. The Labute approximate surface area is 314 Å². The molecule has 0 saturated heterocycles. The van der Waals surface area contributed by atoms with Gasteiger partial charge >= 0.3 is 0 Å². The largest absolute Gasteiger partial charge is 0.360 e. The number of pyridine rings is 3. The molecule has 3 heterocycles. The van der Waals surface area contributed by atoms with E-state index in [1.165, 1.54) is 12.4 Å². The number of hydrogen-bond donors (Lipinski definition) is 1. The zero-order valence-electron chi connectivity index (χ0n) is 29.3. The summed E-state index contributed by atoms with van der Waals surface area (Å²) in [6, 6.07) is 19.1. The van der Waals surface area contributed by atoms with Crippen molar-refractivity contribution in [2.75, 3.05) is 0 Å². The highest BCUT2D eigenvalue weighted by Gasteiger charge is 2.20. The molecule has 0 radical (unpaired) electrons. The number of hydrogen-bond acceptors (Lipinski definition) is 5. The number of fused-ring (bicyclic) bond motifs is 2. The van der Waals surface area contributed by atoms with Crippen molar-refractivity contribution in [3.05, 3.63) is 190 Å². The Balaban J connectivity index is 0.000000193. The van der Waals surface area contributed by atoms with Crippen molar-refractivity contribution < 1.29 is 27.2 Å². The fraction of sp³-hybridized carbons (Fsp3) is 0.119. The summed E-state index contributed by atoms with van der Waals surface area (Å²) in [5.41, 5.74) is 4.09. The maximum absolute atomic E-state index is 14.0. The lowest BCUT2D eigenvalue weighted by atomic mass is 9.98. The number of aromatic amines is 1. The fourth-order valence-electron chi connectivity index (χ4n) is 5.85. The van der Waals surface area contributed by atoms with Crippen LogP contribution in [0.4, 0.5) is 17.6 Å². The average molecular weight is 797 g/mol. The van der Waals surface area contributed by atoms with E-state index in [1.807, 2.05) is 33.8 Å². The summed E-state index contributed by atoms with van der Waals surface area (Å²) in [4.78, 5) is 58.3. The van der Waals surface area contributed by atoms with Crippen molar-refractivity contribution in [2.24, 2.45) is 0 Å². The van der Waals surface area contributed by atoms with Gasteiger partial charge in [-0.3, -0.25) is 19.2 Å². The summed E-state index contributed by atoms with van der Waals surface area (Å²) in [6.45, 7) is 7.75. The third-order valence-corrected chi connectivity index (χ3v) is 9.62. The molecule has 3 aromatic heterocycles. The molecule has 0 atom stereocenters. The monoisotopic (exact) mass is 795 g/mol. The molecule has 0 aliphatic heterocycles. The minimum Gasteiger partial charge on any atom is -0.360 e. The zero-order valence-corrected chi connectivity index (χ0v) is 30.9. The van der Waals surface area contributed by atoms with Crippen LogP contribution in [0.5, 0.6) is 0 Å². The Morgan fingerprint density at radius 3 is 1.80 bits per heavy atom. The van der Waals surface area contributed by atoms with Crippen molar-refractivity contribution >= 4 is 49.3 Å². The first-order valence-corrected chi connectivity index (χ1v) is 17.3. The van der Waals surface area contributed by atoms with E-state index in [-0.39, 0.29) is 39.5 Å². The molecular weight excluding hydrogens is 766 g/mol. The van der Waals surface area contributed by atoms with Gasteiger partial charge < -0.3 is 9.55 Å². The Kier molecular flexibility index (Phi) is 10.6. The standard InChI is InChI=1S/C24H17BrF2N2O2.C18H13F2NO2/c1-13-6-7-15(8-14(13)2)23(30)18-12-29(11-16-4-3-5-22(25)28-16)21-10-20(27)19(26)9-17(21)24(18)31;1-9-3-4-11(5-10(9)2)17(22)13-8-21-16-7-15(20)14(19)6-12(16)18(13)23/h3-10,12H,11H2,1-2H3;3-8H,1-2H3,(H,21,23). The Hall–Kier alpha value is -6.01. The van der Waals surface area contributed by atoms with Gasteiger partial charge in [-0.05, 0) is 102 Å². The van der Waals surface area contributed by atoms with Crippen LogP contribution in [0.3, 0.4) is 0 Å². The molecular formula is C42H30BrF4N3O4. The maximum Gasteiger partial charge on any atom is 0.200 e. The first-order chi connectivity index (χ1) is 25.6. The highest BCUT2D eigenvalue weighted by molar-refractivity contribution is 9.10. The van der Waals surface area contributed by atoms with Gasteiger partial charge in [-0.25, -0.2) is 22.5 Å². The minimum atomic E-state index is -1.15. The summed E-state index contributed by atoms with van der Waals surface area (Å²) in [5.74, 6) is -5.33. The van der Waals surface area contributed by atoms with Crippen molar-refractivity contribution in [2.45, 2.75) is 34.2 Å². The maximum atomic E-state index is 14.0. The smallest absolute Gasteiger partial charge is 0.200 e. The number of aromatic nitrogens is 3. The van der Waals surface area contributed by atoms with E-state index in [1.54, 1.807) is 53.1 Å². The van der Waals surface area contributed by atoms with Crippen LogP contribution in [0.2, 0.25) is 0 Å². The summed E-state index contributed by atoms with van der Waals surface area (Å²) in [7, 11) is 0. The number of carbonyl (C=O) groups excluding carboxylic acids is 2. The molecule has 0 bridgehead atoms. The van der Waals surface area contributed by atoms with Gasteiger partial charge in [0.25, 0.3) is 0 Å². The van der Waals surface area contributed by atoms with Gasteiger partial charge in [-0.1, -0.05) is 30.3 Å². The van der Waals surface area contributed by atoms with E-state index in [0.29, 0.717) is 21.4 Å². The summed E-state index contributed by atoms with van der Waals surface area (Å²) in [6.07, 6.45) is 2.63. The molecule has 272 valence electrons. The molecule has 4 aromatic carbocycles. The molecule has 7 aromatic rings. The minimum absolute atomic E-state index is 0.0569. The second kappa shape index (κ2) is 15.2. The van der Waals surface area contributed by atoms with Gasteiger partial charge in [-0.15, -0.1) is 0 Å². The summed E-state index contributed by atoms with van der Waals surface area (Å²) in [5, 5.41) is -0.123. The fourth-order valence-corrected chi connectivity index (χ4v) is 6.23.